The number of hydrogen-bond donors (Lipinski definition) is 2. The Morgan fingerprint density at radius 1 is 0.867 bits per heavy atom. The molecule has 0 aromatic rings. The van der Waals surface area contributed by atoms with E-state index in [1.807, 2.05) is 0 Å². The molecule has 0 heterocycles. The molecule has 0 aromatic carbocycles. The first kappa shape index (κ1) is 25.4. The van der Waals surface area contributed by atoms with Crippen LogP contribution >= 0.6 is 15.6 Å². The molecule has 0 spiro atoms. The average molecular weight is 624 g/mol. The van der Waals surface area contributed by atoms with E-state index in [4.69, 9.17) is 11.5 Å². The monoisotopic (exact) mass is 624 g/mol. The van der Waals surface area contributed by atoms with Crippen LogP contribution in [0.15, 0.2) is 0 Å². The zero-order valence-electron chi connectivity index (χ0n) is 6.95. The molecule has 0 aliphatic rings. The van der Waals surface area contributed by atoms with E-state index >= 15 is 0 Å². The average Bonchev–Trinajstić information content (AvgIpc) is 1.80. The van der Waals surface area contributed by atoms with Crippen LogP contribution in [-0.4, -0.2) is 13.1 Å². The van der Waals surface area contributed by atoms with Crippen molar-refractivity contribution < 1.29 is 75.1 Å². The molecule has 15 heavy (non-hydrogen) atoms. The summed E-state index contributed by atoms with van der Waals surface area (Å²) in [5, 5.41) is 0. The molecular weight excluding hydrogens is 616 g/mol. The Labute approximate surface area is 115 Å². The van der Waals surface area contributed by atoms with Crippen LogP contribution in [0.2, 0.25) is 0 Å². The van der Waals surface area contributed by atoms with E-state index in [9.17, 15) is 28.7 Å². The third-order valence-electron chi connectivity index (χ3n) is 0.367. The topological polar surface area (TPSA) is 188 Å². The first-order chi connectivity index (χ1) is 5.62. The van der Waals surface area contributed by atoms with Crippen molar-refractivity contribution >= 4 is 15.6 Å². The van der Waals surface area contributed by atoms with Gasteiger partial charge in [0.05, 0.1) is 15.6 Å². The van der Waals surface area contributed by atoms with Crippen LogP contribution < -0.4 is 31.0 Å². The molecule has 0 bridgehead atoms. The van der Waals surface area contributed by atoms with Gasteiger partial charge in [-0.1, -0.05) is 0 Å². The fourth-order valence-electron chi connectivity index (χ4n) is 0.122. The molecule has 4 N–H and O–H groups in total. The van der Waals surface area contributed by atoms with Crippen LogP contribution in [0.1, 0.15) is 0 Å². The summed E-state index contributed by atoms with van der Waals surface area (Å²) in [4.78, 5) is 37.3. The number of hydrogen-bond acceptors (Lipinski definition) is 9. The summed E-state index contributed by atoms with van der Waals surface area (Å²) in [6.07, 6.45) is 0. The summed E-state index contributed by atoms with van der Waals surface area (Å²) >= 11 is 0. The second kappa shape index (κ2) is 12.0. The van der Waals surface area contributed by atoms with Crippen molar-refractivity contribution in [3.63, 3.8) is 0 Å². The third-order valence-corrected chi connectivity index (χ3v) is 1.97. The zero-order chi connectivity index (χ0) is 11.1. The molecule has 0 fully saturated rings. The van der Waals surface area contributed by atoms with Crippen molar-refractivity contribution in [1.82, 2.24) is 0 Å². The maximum Gasteiger partial charge on any atom is 2.00 e. The fraction of sp³-hybridized carbons (Fsp3) is 1.00. The normalized spacial score (nSPS) is 10.3. The van der Waals surface area contributed by atoms with Gasteiger partial charge in [-0.05, 0) is 0 Å². The molecule has 0 atom stereocenters. The molecule has 0 unspecified atom stereocenters. The molecule has 0 saturated carbocycles. The van der Waals surface area contributed by atoms with Gasteiger partial charge < -0.3 is 44.5 Å². The molecule has 0 aromatic heterocycles. The number of phosphoric acid groups is 2. The van der Waals surface area contributed by atoms with Crippen molar-refractivity contribution in [2.45, 2.75) is 0 Å². The minimum atomic E-state index is -5.68. The Hall–Kier alpha value is 1.56. The van der Waals surface area contributed by atoms with Gasteiger partial charge in [0, 0.05) is 13.1 Å². The Morgan fingerprint density at radius 3 is 1.07 bits per heavy atom. The maximum atomic E-state index is 9.32. The third kappa shape index (κ3) is 39.0. The predicted octanol–water partition coefficient (Wildman–Crippen LogP) is -4.44. The van der Waals surface area contributed by atoms with Gasteiger partial charge in [0.1, 0.15) is 0 Å². The molecule has 98 valence electrons. The Morgan fingerprint density at radius 2 is 1.07 bits per heavy atom. The molecule has 0 rings (SSSR count). The summed E-state index contributed by atoms with van der Waals surface area (Å²) in [5.41, 5.74) is 9.81. The van der Waals surface area contributed by atoms with Gasteiger partial charge in [0.15, 0.2) is 0 Å². The van der Waals surface area contributed by atoms with Crippen LogP contribution in [0.5, 0.6) is 0 Å². The van der Waals surface area contributed by atoms with Gasteiger partial charge in [0.2, 0.25) is 0 Å². The fourth-order valence-corrected chi connectivity index (χ4v) is 1.10. The minimum Gasteiger partial charge on any atom is -0.790 e. The van der Waals surface area contributed by atoms with Gasteiger partial charge >= 0.3 is 42.1 Å². The smallest absolute Gasteiger partial charge is 0.790 e. The van der Waals surface area contributed by atoms with Crippen molar-refractivity contribution in [1.29, 1.82) is 0 Å². The quantitative estimate of drug-likeness (QED) is 0.292. The second-order valence-electron chi connectivity index (χ2n) is 1.55. The van der Waals surface area contributed by atoms with Gasteiger partial charge in [-0.15, -0.1) is 0 Å². The molecule has 13 heteroatoms. The van der Waals surface area contributed by atoms with Gasteiger partial charge in [-0.25, -0.2) is 0 Å². The van der Waals surface area contributed by atoms with E-state index < -0.39 is 15.6 Å². The largest absolute Gasteiger partial charge is 2.00 e. The first-order valence-corrected chi connectivity index (χ1v) is 5.70. The van der Waals surface area contributed by atoms with Crippen LogP contribution in [0.4, 0.5) is 0 Å². The molecule has 0 amide bonds. The molecule has 0 saturated heterocycles. The van der Waals surface area contributed by atoms with E-state index in [0.29, 0.717) is 13.1 Å². The van der Waals surface area contributed by atoms with Crippen LogP contribution in [0, 0.1) is 0 Å². The summed E-state index contributed by atoms with van der Waals surface area (Å²) < 4.78 is 21.2. The maximum absolute atomic E-state index is 9.32. The molecular formula is C2H8N2O7P2Pt2. The van der Waals surface area contributed by atoms with Crippen molar-refractivity contribution in [2.75, 3.05) is 13.1 Å². The van der Waals surface area contributed by atoms with E-state index in [2.05, 4.69) is 4.31 Å². The van der Waals surface area contributed by atoms with Crippen LogP contribution in [0.3, 0.4) is 0 Å². The van der Waals surface area contributed by atoms with Crippen molar-refractivity contribution in [3.8, 4) is 0 Å². The number of nitrogens with two attached hydrogens (primary N) is 2. The summed E-state index contributed by atoms with van der Waals surface area (Å²) in [5.74, 6) is 0. The minimum absolute atomic E-state index is 0. The Balaban J connectivity index is -0.0000000883. The zero-order valence-corrected chi connectivity index (χ0v) is 13.3. The van der Waals surface area contributed by atoms with Gasteiger partial charge in [-0.3, -0.25) is 0 Å². The first-order valence-electron chi connectivity index (χ1n) is 2.78. The van der Waals surface area contributed by atoms with Crippen molar-refractivity contribution in [3.05, 3.63) is 0 Å². The molecule has 0 aliphatic heterocycles. The second-order valence-corrected chi connectivity index (χ2v) is 4.00. The van der Waals surface area contributed by atoms with Gasteiger partial charge in [-0.2, -0.15) is 0 Å². The molecule has 9 nitrogen and oxygen atoms in total. The SMILES string of the molecule is NCCN.O=P([O-])([O-])OP(=O)([O-])[O-].[Pt+2].[Pt+2]. The van der Waals surface area contributed by atoms with Crippen LogP contribution in [-0.2, 0) is 55.6 Å². The standard InChI is InChI=1S/C2H8N2.H4O7P2.2Pt/c3-1-2-4;1-8(2,3)7-9(4,5)6;;/h1-4H2;(H2,1,2,3)(H2,4,5,6);;/q;;2*+2/p-4. The predicted molar refractivity (Wildman–Crippen MR) is 34.4 cm³/mol. The Kier molecular flexibility index (Phi) is 20.4. The summed E-state index contributed by atoms with van der Waals surface area (Å²) in [6, 6.07) is 0. The van der Waals surface area contributed by atoms with Gasteiger partial charge in [0.25, 0.3) is 0 Å². The van der Waals surface area contributed by atoms with Crippen molar-refractivity contribution in [2.24, 2.45) is 11.5 Å². The van der Waals surface area contributed by atoms with Crippen LogP contribution in [0.25, 0.3) is 0 Å². The summed E-state index contributed by atoms with van der Waals surface area (Å²) in [7, 11) is -11.4. The van der Waals surface area contributed by atoms with E-state index in [0.717, 1.165) is 0 Å². The van der Waals surface area contributed by atoms with E-state index in [1.54, 1.807) is 0 Å². The Bertz CT molecular complexity index is 193. The van der Waals surface area contributed by atoms with E-state index in [-0.39, 0.29) is 42.1 Å². The number of rotatable bonds is 3. The summed E-state index contributed by atoms with van der Waals surface area (Å²) in [6.45, 7) is 1.19. The van der Waals surface area contributed by atoms with E-state index in [1.165, 1.54) is 0 Å². The molecule has 0 radical (unpaired) electrons. The molecule has 0 aliphatic carbocycles.